The molecule has 2 unspecified atom stereocenters. The van der Waals surface area contributed by atoms with Gasteiger partial charge in [-0.25, -0.2) is 0 Å². The molecular weight excluding hydrogens is 400 g/mol. The van der Waals surface area contributed by atoms with Crippen LogP contribution in [0, 0.1) is 24.7 Å². The highest BCUT2D eigenvalue weighted by molar-refractivity contribution is 5.87. The molecule has 2 aliphatic carbocycles. The number of piperidine rings is 1. The molecule has 5 nitrogen and oxygen atoms in total. The highest BCUT2D eigenvalue weighted by atomic mass is 16.5. The minimum Gasteiger partial charge on any atom is -0.492 e. The summed E-state index contributed by atoms with van der Waals surface area (Å²) < 4.78 is 5.90. The Hall–Kier alpha value is -2.37. The molecule has 3 fully saturated rings. The zero-order valence-corrected chi connectivity index (χ0v) is 18.9. The minimum atomic E-state index is -1.42. The van der Waals surface area contributed by atoms with Gasteiger partial charge < -0.3 is 15.2 Å². The number of aryl methyl sites for hydroxylation is 1. The van der Waals surface area contributed by atoms with Crippen LogP contribution in [0.3, 0.4) is 0 Å². The summed E-state index contributed by atoms with van der Waals surface area (Å²) in [5.74, 6) is 1.69. The summed E-state index contributed by atoms with van der Waals surface area (Å²) >= 11 is 0. The lowest BCUT2D eigenvalue weighted by atomic mass is 9.79. The largest absolute Gasteiger partial charge is 0.492 e. The van der Waals surface area contributed by atoms with E-state index in [1.807, 2.05) is 42.5 Å². The van der Waals surface area contributed by atoms with Gasteiger partial charge >= 0.3 is 0 Å². The fourth-order valence-electron chi connectivity index (χ4n) is 5.86. The number of hydrogen-bond acceptors (Lipinski definition) is 4. The molecule has 0 bridgehead atoms. The third-order valence-electron chi connectivity index (χ3n) is 7.74. The van der Waals surface area contributed by atoms with Crippen molar-refractivity contribution in [2.24, 2.45) is 17.8 Å². The molecule has 2 aromatic carbocycles. The lowest BCUT2D eigenvalue weighted by molar-refractivity contribution is -0.147. The van der Waals surface area contributed by atoms with Crippen LogP contribution in [0.15, 0.2) is 54.6 Å². The summed E-state index contributed by atoms with van der Waals surface area (Å²) in [7, 11) is 0. The molecule has 0 spiro atoms. The van der Waals surface area contributed by atoms with E-state index in [2.05, 4.69) is 29.3 Å². The van der Waals surface area contributed by atoms with Gasteiger partial charge in [-0.15, -0.1) is 0 Å². The van der Waals surface area contributed by atoms with Crippen molar-refractivity contribution < 1.29 is 14.6 Å². The summed E-state index contributed by atoms with van der Waals surface area (Å²) in [6.45, 7) is 5.62. The van der Waals surface area contributed by atoms with Crippen LogP contribution in [0.4, 0.5) is 0 Å². The zero-order chi connectivity index (χ0) is 22.1. The maximum atomic E-state index is 13.4. The Morgan fingerprint density at radius 1 is 1.09 bits per heavy atom. The van der Waals surface area contributed by atoms with Crippen molar-refractivity contribution in [3.05, 3.63) is 65.7 Å². The Morgan fingerprint density at radius 2 is 1.81 bits per heavy atom. The lowest BCUT2D eigenvalue weighted by Gasteiger charge is -2.33. The molecule has 32 heavy (non-hydrogen) atoms. The second-order valence-electron chi connectivity index (χ2n) is 9.87. The van der Waals surface area contributed by atoms with Gasteiger partial charge in [0.15, 0.2) is 5.60 Å². The number of nitrogens with one attached hydrogen (secondary N) is 1. The maximum absolute atomic E-state index is 13.4. The maximum Gasteiger partial charge on any atom is 0.257 e. The SMILES string of the molecule is Cc1cccc(OCCN2CC3[C@H](C2)[C@H]3NC(=O)C(O)(c2ccccc2)C2CCCC2)c1. The number of carbonyl (C=O) groups excluding carboxylic acids is 1. The average molecular weight is 435 g/mol. The number of carbonyl (C=O) groups is 1. The summed E-state index contributed by atoms with van der Waals surface area (Å²) in [5.41, 5.74) is 0.511. The van der Waals surface area contributed by atoms with E-state index in [0.29, 0.717) is 18.4 Å². The molecule has 170 valence electrons. The first-order chi connectivity index (χ1) is 15.6. The number of likely N-dealkylation sites (tertiary alicyclic amines) is 1. The van der Waals surface area contributed by atoms with Gasteiger partial charge in [0, 0.05) is 31.6 Å². The first-order valence-electron chi connectivity index (χ1n) is 12.1. The third kappa shape index (κ3) is 4.16. The Bertz CT molecular complexity index is 931. The molecule has 2 saturated carbocycles. The minimum absolute atomic E-state index is 0.00115. The summed E-state index contributed by atoms with van der Waals surface area (Å²) in [6.07, 6.45) is 3.98. The van der Waals surface area contributed by atoms with Crippen LogP contribution < -0.4 is 10.1 Å². The van der Waals surface area contributed by atoms with Crippen molar-refractivity contribution in [2.45, 2.75) is 44.2 Å². The number of benzene rings is 2. The zero-order valence-electron chi connectivity index (χ0n) is 18.9. The fourth-order valence-corrected chi connectivity index (χ4v) is 5.86. The number of fused-ring (bicyclic) bond motifs is 1. The summed E-state index contributed by atoms with van der Waals surface area (Å²) in [6, 6.07) is 17.9. The topological polar surface area (TPSA) is 61.8 Å². The Kier molecular flexibility index (Phi) is 5.95. The predicted molar refractivity (Wildman–Crippen MR) is 124 cm³/mol. The first kappa shape index (κ1) is 21.5. The van der Waals surface area contributed by atoms with Crippen LogP contribution in [-0.2, 0) is 10.4 Å². The van der Waals surface area contributed by atoms with Crippen LogP contribution in [-0.4, -0.2) is 48.2 Å². The van der Waals surface area contributed by atoms with Crippen LogP contribution in [0.5, 0.6) is 5.75 Å². The van der Waals surface area contributed by atoms with E-state index < -0.39 is 5.60 Å². The lowest BCUT2D eigenvalue weighted by Crippen LogP contribution is -2.51. The van der Waals surface area contributed by atoms with Crippen molar-refractivity contribution in [3.63, 3.8) is 0 Å². The quantitative estimate of drug-likeness (QED) is 0.668. The molecule has 2 N–H and O–H groups in total. The standard InChI is InChI=1S/C27H34N2O3/c1-19-8-7-13-22(16-19)32-15-14-29-17-23-24(18-29)25(23)28-26(30)27(31,21-11-5-6-12-21)20-9-3-2-4-10-20/h2-4,7-10,13,16,21,23-25,31H,5-6,11-12,14-15,17-18H2,1H3,(H,28,30)/t23-,24?,25+,27?/m0/s1. The Balaban J connectivity index is 1.14. The van der Waals surface area contributed by atoms with E-state index in [1.54, 1.807) is 0 Å². The van der Waals surface area contributed by atoms with E-state index in [1.165, 1.54) is 5.56 Å². The molecule has 2 aromatic rings. The van der Waals surface area contributed by atoms with Crippen molar-refractivity contribution in [3.8, 4) is 5.75 Å². The van der Waals surface area contributed by atoms with Crippen molar-refractivity contribution in [1.82, 2.24) is 10.2 Å². The molecule has 4 atom stereocenters. The molecule has 3 aliphatic rings. The van der Waals surface area contributed by atoms with E-state index in [-0.39, 0.29) is 17.9 Å². The van der Waals surface area contributed by atoms with Gasteiger partial charge in [0.25, 0.3) is 5.91 Å². The van der Waals surface area contributed by atoms with Gasteiger partial charge in [0.1, 0.15) is 12.4 Å². The van der Waals surface area contributed by atoms with Crippen LogP contribution in [0.25, 0.3) is 0 Å². The van der Waals surface area contributed by atoms with E-state index in [4.69, 9.17) is 4.74 Å². The van der Waals surface area contributed by atoms with Crippen molar-refractivity contribution in [1.29, 1.82) is 0 Å². The Morgan fingerprint density at radius 3 is 2.50 bits per heavy atom. The number of hydrogen-bond donors (Lipinski definition) is 2. The fraction of sp³-hybridized carbons (Fsp3) is 0.519. The monoisotopic (exact) mass is 434 g/mol. The smallest absolute Gasteiger partial charge is 0.257 e. The van der Waals surface area contributed by atoms with Crippen molar-refractivity contribution >= 4 is 5.91 Å². The molecule has 5 rings (SSSR count). The van der Waals surface area contributed by atoms with Crippen LogP contribution in [0.1, 0.15) is 36.8 Å². The van der Waals surface area contributed by atoms with Gasteiger partial charge in [-0.3, -0.25) is 9.69 Å². The van der Waals surface area contributed by atoms with E-state index >= 15 is 0 Å². The molecule has 5 heteroatoms. The van der Waals surface area contributed by atoms with Gasteiger partial charge in [-0.1, -0.05) is 55.3 Å². The molecule has 0 aromatic heterocycles. The number of aliphatic hydroxyl groups is 1. The summed E-state index contributed by atoms with van der Waals surface area (Å²) in [5, 5.41) is 14.9. The normalized spacial score (nSPS) is 27.0. The number of amides is 1. The van der Waals surface area contributed by atoms with E-state index in [9.17, 15) is 9.90 Å². The molecular formula is C27H34N2O3. The first-order valence-corrected chi connectivity index (χ1v) is 12.1. The second-order valence-corrected chi connectivity index (χ2v) is 9.87. The summed E-state index contributed by atoms with van der Waals surface area (Å²) in [4.78, 5) is 15.8. The van der Waals surface area contributed by atoms with Gasteiger partial charge in [-0.05, 0) is 54.9 Å². The third-order valence-corrected chi connectivity index (χ3v) is 7.74. The molecule has 0 radical (unpaired) electrons. The van der Waals surface area contributed by atoms with Crippen LogP contribution in [0.2, 0.25) is 0 Å². The number of nitrogens with zero attached hydrogens (tertiary/aromatic N) is 1. The van der Waals surface area contributed by atoms with Gasteiger partial charge in [0.2, 0.25) is 0 Å². The van der Waals surface area contributed by atoms with E-state index in [0.717, 1.165) is 56.6 Å². The number of rotatable bonds is 8. The van der Waals surface area contributed by atoms with Gasteiger partial charge in [0.05, 0.1) is 0 Å². The molecule has 1 aliphatic heterocycles. The Labute approximate surface area is 190 Å². The second kappa shape index (κ2) is 8.87. The highest BCUT2D eigenvalue weighted by Gasteiger charge is 2.58. The highest BCUT2D eigenvalue weighted by Crippen LogP contribution is 2.47. The van der Waals surface area contributed by atoms with Crippen LogP contribution >= 0.6 is 0 Å². The number of ether oxygens (including phenoxy) is 1. The van der Waals surface area contributed by atoms with Gasteiger partial charge in [-0.2, -0.15) is 0 Å². The molecule has 1 heterocycles. The van der Waals surface area contributed by atoms with Crippen molar-refractivity contribution in [2.75, 3.05) is 26.2 Å². The molecule has 1 amide bonds. The predicted octanol–water partition coefficient (Wildman–Crippen LogP) is 3.50. The molecule has 1 saturated heterocycles. The average Bonchev–Trinajstić information content (AvgIpc) is 3.22.